The van der Waals surface area contributed by atoms with Gasteiger partial charge in [-0.05, 0) is 63.7 Å². The summed E-state index contributed by atoms with van der Waals surface area (Å²) in [6.45, 7) is 5.01. The van der Waals surface area contributed by atoms with Crippen LogP contribution in [0.2, 0.25) is 0 Å². The van der Waals surface area contributed by atoms with E-state index in [0.717, 1.165) is 11.8 Å². The van der Waals surface area contributed by atoms with Crippen molar-refractivity contribution in [2.75, 3.05) is 26.2 Å². The SMILES string of the molecule is C1CC(CNCC2CC2)CCN1. The quantitative estimate of drug-likeness (QED) is 0.654. The molecule has 1 aliphatic heterocycles. The average molecular weight is 168 g/mol. The average Bonchev–Trinajstić information content (AvgIpc) is 2.90. The molecule has 1 heterocycles. The van der Waals surface area contributed by atoms with E-state index in [1.165, 1.54) is 51.9 Å². The van der Waals surface area contributed by atoms with E-state index in [-0.39, 0.29) is 0 Å². The van der Waals surface area contributed by atoms with Crippen LogP contribution in [0.1, 0.15) is 25.7 Å². The van der Waals surface area contributed by atoms with Crippen molar-refractivity contribution in [2.24, 2.45) is 11.8 Å². The highest BCUT2D eigenvalue weighted by Gasteiger charge is 2.21. The first-order chi connectivity index (χ1) is 5.95. The second kappa shape index (κ2) is 4.24. The Hall–Kier alpha value is -0.0800. The Morgan fingerprint density at radius 3 is 2.08 bits per heavy atom. The molecule has 0 aromatic rings. The zero-order valence-corrected chi connectivity index (χ0v) is 7.81. The molecule has 2 N–H and O–H groups in total. The van der Waals surface area contributed by atoms with Crippen molar-refractivity contribution in [3.05, 3.63) is 0 Å². The van der Waals surface area contributed by atoms with Crippen molar-refractivity contribution in [1.29, 1.82) is 0 Å². The van der Waals surface area contributed by atoms with Gasteiger partial charge in [-0.3, -0.25) is 0 Å². The number of nitrogens with one attached hydrogen (secondary N) is 2. The third-order valence-corrected chi connectivity index (χ3v) is 3.02. The van der Waals surface area contributed by atoms with Gasteiger partial charge in [-0.1, -0.05) is 0 Å². The number of hydrogen-bond donors (Lipinski definition) is 2. The Morgan fingerprint density at radius 1 is 0.917 bits per heavy atom. The van der Waals surface area contributed by atoms with Crippen LogP contribution >= 0.6 is 0 Å². The second-order valence-corrected chi connectivity index (χ2v) is 4.29. The topological polar surface area (TPSA) is 24.1 Å². The summed E-state index contributed by atoms with van der Waals surface area (Å²) in [5.41, 5.74) is 0. The molecule has 0 amide bonds. The van der Waals surface area contributed by atoms with Crippen LogP contribution in [0.25, 0.3) is 0 Å². The lowest BCUT2D eigenvalue weighted by molar-refractivity contribution is 0.355. The first-order valence-corrected chi connectivity index (χ1v) is 5.36. The maximum Gasteiger partial charge on any atom is -0.00195 e. The Kier molecular flexibility index (Phi) is 3.01. The van der Waals surface area contributed by atoms with Gasteiger partial charge in [0.25, 0.3) is 0 Å². The molecule has 1 aliphatic carbocycles. The summed E-state index contributed by atoms with van der Waals surface area (Å²) >= 11 is 0. The van der Waals surface area contributed by atoms with E-state index in [0.29, 0.717) is 0 Å². The van der Waals surface area contributed by atoms with E-state index < -0.39 is 0 Å². The summed E-state index contributed by atoms with van der Waals surface area (Å²) in [5.74, 6) is 1.98. The first-order valence-electron chi connectivity index (χ1n) is 5.36. The molecule has 12 heavy (non-hydrogen) atoms. The van der Waals surface area contributed by atoms with Gasteiger partial charge >= 0.3 is 0 Å². The van der Waals surface area contributed by atoms with Gasteiger partial charge in [0.1, 0.15) is 0 Å². The van der Waals surface area contributed by atoms with Crippen molar-refractivity contribution >= 4 is 0 Å². The molecule has 0 unspecified atom stereocenters. The van der Waals surface area contributed by atoms with Gasteiger partial charge in [0.15, 0.2) is 0 Å². The van der Waals surface area contributed by atoms with Gasteiger partial charge in [-0.25, -0.2) is 0 Å². The Bertz CT molecular complexity index is 126. The molecule has 2 fully saturated rings. The Balaban J connectivity index is 1.52. The number of hydrogen-bond acceptors (Lipinski definition) is 2. The number of rotatable bonds is 4. The molecular formula is C10H20N2. The molecule has 0 bridgehead atoms. The minimum absolute atomic E-state index is 0.949. The van der Waals surface area contributed by atoms with E-state index in [1.54, 1.807) is 0 Å². The first kappa shape index (κ1) is 8.52. The molecule has 2 heteroatoms. The zero-order chi connectivity index (χ0) is 8.23. The van der Waals surface area contributed by atoms with Crippen molar-refractivity contribution < 1.29 is 0 Å². The van der Waals surface area contributed by atoms with Crippen molar-refractivity contribution in [2.45, 2.75) is 25.7 Å². The highest BCUT2D eigenvalue weighted by atomic mass is 14.9. The Morgan fingerprint density at radius 2 is 1.50 bits per heavy atom. The van der Waals surface area contributed by atoms with E-state index in [9.17, 15) is 0 Å². The van der Waals surface area contributed by atoms with Crippen molar-refractivity contribution in [3.8, 4) is 0 Å². The van der Waals surface area contributed by atoms with Crippen LogP contribution in [-0.4, -0.2) is 26.2 Å². The molecule has 1 saturated carbocycles. The normalized spacial score (nSPS) is 26.0. The van der Waals surface area contributed by atoms with Gasteiger partial charge in [0, 0.05) is 0 Å². The Labute approximate surface area is 75.1 Å². The lowest BCUT2D eigenvalue weighted by Gasteiger charge is -2.22. The molecule has 70 valence electrons. The maximum absolute atomic E-state index is 3.59. The van der Waals surface area contributed by atoms with Gasteiger partial charge in [-0.15, -0.1) is 0 Å². The van der Waals surface area contributed by atoms with Crippen LogP contribution in [0.5, 0.6) is 0 Å². The third-order valence-electron chi connectivity index (χ3n) is 3.02. The second-order valence-electron chi connectivity index (χ2n) is 4.29. The summed E-state index contributed by atoms with van der Waals surface area (Å²) in [6.07, 6.45) is 5.69. The summed E-state index contributed by atoms with van der Waals surface area (Å²) in [7, 11) is 0. The zero-order valence-electron chi connectivity index (χ0n) is 7.81. The molecule has 0 aromatic heterocycles. The summed E-state index contributed by atoms with van der Waals surface area (Å²) < 4.78 is 0. The van der Waals surface area contributed by atoms with E-state index in [1.807, 2.05) is 0 Å². The standard InChI is InChI=1S/C10H20N2/c1-2-9(1)7-12-8-10-3-5-11-6-4-10/h9-12H,1-8H2. The van der Waals surface area contributed by atoms with E-state index in [2.05, 4.69) is 10.6 Å². The van der Waals surface area contributed by atoms with E-state index >= 15 is 0 Å². The predicted octanol–water partition coefficient (Wildman–Crippen LogP) is 0.986. The smallest absolute Gasteiger partial charge is 0.00195 e. The molecule has 0 atom stereocenters. The summed E-state index contributed by atoms with van der Waals surface area (Å²) in [4.78, 5) is 0. The summed E-state index contributed by atoms with van der Waals surface area (Å²) in [6, 6.07) is 0. The third kappa shape index (κ3) is 2.76. The molecule has 1 saturated heterocycles. The molecule has 2 nitrogen and oxygen atoms in total. The van der Waals surface area contributed by atoms with Gasteiger partial charge < -0.3 is 10.6 Å². The fraction of sp³-hybridized carbons (Fsp3) is 1.00. The van der Waals surface area contributed by atoms with Crippen LogP contribution in [-0.2, 0) is 0 Å². The highest BCUT2D eigenvalue weighted by Crippen LogP contribution is 2.27. The fourth-order valence-corrected chi connectivity index (χ4v) is 1.90. The van der Waals surface area contributed by atoms with Crippen LogP contribution in [0.15, 0.2) is 0 Å². The molecule has 0 radical (unpaired) electrons. The van der Waals surface area contributed by atoms with Gasteiger partial charge in [0.05, 0.1) is 0 Å². The van der Waals surface area contributed by atoms with Crippen LogP contribution < -0.4 is 10.6 Å². The van der Waals surface area contributed by atoms with Crippen LogP contribution in [0, 0.1) is 11.8 Å². The molecular weight excluding hydrogens is 148 g/mol. The minimum atomic E-state index is 0.949. The molecule has 0 spiro atoms. The fourth-order valence-electron chi connectivity index (χ4n) is 1.90. The largest absolute Gasteiger partial charge is 0.317 e. The van der Waals surface area contributed by atoms with Crippen LogP contribution in [0.4, 0.5) is 0 Å². The lowest BCUT2D eigenvalue weighted by atomic mass is 9.98. The van der Waals surface area contributed by atoms with Crippen molar-refractivity contribution in [3.63, 3.8) is 0 Å². The van der Waals surface area contributed by atoms with Gasteiger partial charge in [-0.2, -0.15) is 0 Å². The van der Waals surface area contributed by atoms with Crippen LogP contribution in [0.3, 0.4) is 0 Å². The van der Waals surface area contributed by atoms with Crippen molar-refractivity contribution in [1.82, 2.24) is 10.6 Å². The van der Waals surface area contributed by atoms with Gasteiger partial charge in [0.2, 0.25) is 0 Å². The monoisotopic (exact) mass is 168 g/mol. The maximum atomic E-state index is 3.59. The highest BCUT2D eigenvalue weighted by molar-refractivity contribution is 4.77. The minimum Gasteiger partial charge on any atom is -0.317 e. The molecule has 2 aliphatic rings. The summed E-state index contributed by atoms with van der Waals surface area (Å²) in [5, 5.41) is 6.99. The molecule has 0 aromatic carbocycles. The lowest BCUT2D eigenvalue weighted by Crippen LogP contribution is -2.34. The van der Waals surface area contributed by atoms with E-state index in [4.69, 9.17) is 0 Å². The number of piperidine rings is 1. The molecule has 2 rings (SSSR count). The predicted molar refractivity (Wildman–Crippen MR) is 51.2 cm³/mol.